The summed E-state index contributed by atoms with van der Waals surface area (Å²) in [5, 5.41) is 30.4. The molecule has 0 aliphatic rings. The van der Waals surface area contributed by atoms with Gasteiger partial charge >= 0.3 is 63.3 Å². The molecule has 71 heavy (non-hydrogen) atoms. The second-order valence-electron chi connectivity index (χ2n) is 16.6. The van der Waals surface area contributed by atoms with Gasteiger partial charge in [-0.3, -0.25) is 24.0 Å². The monoisotopic (exact) mass is 1040 g/mol. The van der Waals surface area contributed by atoms with E-state index in [1.807, 2.05) is 27.7 Å². The molecule has 0 aromatic carbocycles. The zero-order valence-electron chi connectivity index (χ0n) is 44.8. The van der Waals surface area contributed by atoms with Crippen LogP contribution in [0.4, 0.5) is 0 Å². The minimum atomic E-state index is -1.00. The standard InChI is InChI=1S/C24H43BN5O10.C20H38O3.C4H8O.C2H6.K/c1-26-20(24(35)36)5-6-21(32)28-8-10-37-12-15-40-18-23(34)29-9-11-38-13-14-39-17-22(33)27-7-3-2-4-19(16-31)30-25;21-19-17-15-13-11-9-7-5-3-1-2-4-6-8-10-12-14-16-18-20(22)23;1-4(2)3-5;1-2;/h19-20,26,30H,2-15,17-18H2,1H3,(H,27,33)(H,28,32)(H,29,34)(H,35,36);19H,1-18H2,(H,22,23);3-4H,1-2H3;1-2H3;/q-1;;;;+1. The number of carboxylic acid groups (broad SMARTS) is 2. The van der Waals surface area contributed by atoms with Gasteiger partial charge in [0, 0.05) is 44.8 Å². The third-order valence-electron chi connectivity index (χ3n) is 9.97. The van der Waals surface area contributed by atoms with Gasteiger partial charge in [0.25, 0.3) is 0 Å². The Kier molecular flexibility index (Phi) is 72.1. The average Bonchev–Trinajstić information content (AvgIpc) is 3.34. The Labute approximate surface area is 471 Å². The van der Waals surface area contributed by atoms with Crippen LogP contribution in [-0.2, 0) is 57.3 Å². The molecule has 2 radical (unpaired) electrons. The Bertz CT molecular complexity index is 1250. The number of unbranched alkanes of at least 4 members (excludes halogenated alkanes) is 17. The fourth-order valence-electron chi connectivity index (χ4n) is 6.01. The number of hydrogen-bond acceptors (Lipinski definition) is 14. The summed E-state index contributed by atoms with van der Waals surface area (Å²) in [4.78, 5) is 86.4. The van der Waals surface area contributed by atoms with E-state index >= 15 is 0 Å². The Morgan fingerprint density at radius 3 is 1.35 bits per heavy atom. The van der Waals surface area contributed by atoms with Gasteiger partial charge < -0.3 is 70.0 Å². The molecule has 0 aromatic heterocycles. The Morgan fingerprint density at radius 1 is 0.563 bits per heavy atom. The molecule has 0 bridgehead atoms. The number of ether oxygens (including phenoxy) is 4. The van der Waals surface area contributed by atoms with Gasteiger partial charge in [-0.1, -0.05) is 130 Å². The van der Waals surface area contributed by atoms with E-state index in [0.29, 0.717) is 32.4 Å². The van der Waals surface area contributed by atoms with Crippen LogP contribution in [0.2, 0.25) is 0 Å². The zero-order chi connectivity index (χ0) is 53.1. The SMILES string of the molecule is CC.CC(C)C=O.O=CCCCCCCCCCCCCCCCCCCC(=O)O.[B]NC([C-]=O)CCCCNC(=O)COCCOCCNC(=O)COCCOCCNC(=O)CCC(NC)C(=O)O.[K+]. The van der Waals surface area contributed by atoms with Crippen LogP contribution in [0.25, 0.3) is 0 Å². The Hall–Kier alpha value is -2.18. The molecule has 0 saturated carbocycles. The molecule has 0 heterocycles. The molecule has 2 atom stereocenters. The molecular weight excluding hydrogens is 944 g/mol. The second kappa shape index (κ2) is 65.8. The zero-order valence-corrected chi connectivity index (χ0v) is 47.9. The van der Waals surface area contributed by atoms with E-state index in [1.54, 1.807) is 6.29 Å². The van der Waals surface area contributed by atoms with Crippen molar-refractivity contribution in [1.29, 1.82) is 0 Å². The average molecular weight is 1040 g/mol. The minimum Gasteiger partial charge on any atom is -0.540 e. The van der Waals surface area contributed by atoms with Gasteiger partial charge in [-0.15, -0.1) is 6.04 Å². The van der Waals surface area contributed by atoms with Crippen LogP contribution >= 0.6 is 0 Å². The number of carbonyl (C=O) groups is 7. The van der Waals surface area contributed by atoms with Crippen molar-refractivity contribution >= 4 is 56.5 Å². The Balaban J connectivity index is -0.000000394. The van der Waals surface area contributed by atoms with Crippen LogP contribution in [0.3, 0.4) is 0 Å². The molecule has 0 spiro atoms. The Morgan fingerprint density at radius 2 is 0.972 bits per heavy atom. The summed E-state index contributed by atoms with van der Waals surface area (Å²) in [7, 11) is 6.70. The van der Waals surface area contributed by atoms with Gasteiger partial charge in [0.15, 0.2) is 7.98 Å². The quantitative estimate of drug-likeness (QED) is 0.0199. The first-order valence-electron chi connectivity index (χ1n) is 25.8. The van der Waals surface area contributed by atoms with Crippen molar-refractivity contribution in [3.63, 3.8) is 0 Å². The summed E-state index contributed by atoms with van der Waals surface area (Å²) in [5.41, 5.74) is 0. The molecule has 0 aromatic rings. The van der Waals surface area contributed by atoms with Crippen molar-refractivity contribution in [3.8, 4) is 0 Å². The van der Waals surface area contributed by atoms with Crippen molar-refractivity contribution in [2.45, 2.75) is 187 Å². The maximum absolute atomic E-state index is 11.7. The van der Waals surface area contributed by atoms with Crippen LogP contribution in [0.5, 0.6) is 0 Å². The molecular formula is C50H95BKN5O14. The maximum Gasteiger partial charge on any atom is 1.00 e. The number of aliphatic carboxylic acids is 2. The van der Waals surface area contributed by atoms with Crippen molar-refractivity contribution in [3.05, 3.63) is 0 Å². The number of amides is 3. The fraction of sp³-hybridized carbons (Fsp3) is 0.840. The van der Waals surface area contributed by atoms with Crippen LogP contribution in [0, 0.1) is 5.92 Å². The molecule has 21 heteroatoms. The summed E-state index contributed by atoms with van der Waals surface area (Å²) < 4.78 is 21.1. The van der Waals surface area contributed by atoms with E-state index in [9.17, 15) is 38.4 Å². The van der Waals surface area contributed by atoms with E-state index < -0.39 is 24.0 Å². The van der Waals surface area contributed by atoms with Gasteiger partial charge in [0.1, 0.15) is 31.8 Å². The normalized spacial score (nSPS) is 11.1. The second-order valence-corrected chi connectivity index (χ2v) is 16.6. The molecule has 0 fully saturated rings. The number of hydrogen-bond donors (Lipinski definition) is 7. The van der Waals surface area contributed by atoms with E-state index in [0.717, 1.165) is 44.7 Å². The van der Waals surface area contributed by atoms with Gasteiger partial charge in [0.05, 0.1) is 39.6 Å². The smallest absolute Gasteiger partial charge is 0.540 e. The first-order valence-corrected chi connectivity index (χ1v) is 25.8. The van der Waals surface area contributed by atoms with Crippen molar-refractivity contribution in [1.82, 2.24) is 26.5 Å². The number of carbonyl (C=O) groups excluding carboxylic acids is 6. The van der Waals surface area contributed by atoms with Gasteiger partial charge in [-0.25, -0.2) is 6.29 Å². The van der Waals surface area contributed by atoms with E-state index in [1.165, 1.54) is 90.5 Å². The fourth-order valence-corrected chi connectivity index (χ4v) is 6.01. The van der Waals surface area contributed by atoms with Crippen LogP contribution < -0.4 is 77.9 Å². The molecule has 3 amide bonds. The number of likely N-dealkylation sites (N-methyl/N-ethyl adjacent to an activating group) is 1. The molecule has 2 unspecified atom stereocenters. The molecule has 0 aliphatic carbocycles. The number of rotatable bonds is 48. The number of carboxylic acids is 2. The molecule has 19 nitrogen and oxygen atoms in total. The van der Waals surface area contributed by atoms with Crippen LogP contribution in [0.15, 0.2) is 0 Å². The van der Waals surface area contributed by atoms with Gasteiger partial charge in [-0.2, -0.15) is 0 Å². The summed E-state index contributed by atoms with van der Waals surface area (Å²) in [6, 6.07) is -1.26. The summed E-state index contributed by atoms with van der Waals surface area (Å²) in [6.45, 7) is 10.0. The van der Waals surface area contributed by atoms with Gasteiger partial charge in [0.2, 0.25) is 17.7 Å². The third kappa shape index (κ3) is 69.9. The van der Waals surface area contributed by atoms with Gasteiger partial charge in [-0.05, 0) is 32.7 Å². The largest absolute Gasteiger partial charge is 1.00 e. The predicted molar refractivity (Wildman–Crippen MR) is 273 cm³/mol. The third-order valence-corrected chi connectivity index (χ3v) is 9.97. The first kappa shape index (κ1) is 77.7. The summed E-state index contributed by atoms with van der Waals surface area (Å²) in [6.07, 6.45) is 27.2. The maximum atomic E-state index is 11.7. The summed E-state index contributed by atoms with van der Waals surface area (Å²) >= 11 is 0. The molecule has 0 aliphatic heterocycles. The topological polar surface area (TPSA) is 274 Å². The first-order chi connectivity index (χ1) is 33.9. The minimum absolute atomic E-state index is 0. The van der Waals surface area contributed by atoms with Crippen molar-refractivity contribution < 1.29 is 119 Å². The summed E-state index contributed by atoms with van der Waals surface area (Å²) in [5.74, 6) is -2.26. The van der Waals surface area contributed by atoms with Crippen molar-refractivity contribution in [2.24, 2.45) is 5.92 Å². The number of aldehydes is 2. The van der Waals surface area contributed by atoms with Crippen molar-refractivity contribution in [2.75, 3.05) is 79.5 Å². The van der Waals surface area contributed by atoms with E-state index in [2.05, 4.69) is 26.5 Å². The molecule has 0 rings (SSSR count). The molecule has 7 N–H and O–H groups in total. The van der Waals surface area contributed by atoms with E-state index in [4.69, 9.17) is 37.1 Å². The van der Waals surface area contributed by atoms with Crippen LogP contribution in [-0.4, -0.2) is 158 Å². The molecule has 0 saturated heterocycles. The number of nitrogens with one attached hydrogen (secondary N) is 5. The molecule has 408 valence electrons. The predicted octanol–water partition coefficient (Wildman–Crippen LogP) is 2.34. The van der Waals surface area contributed by atoms with Crippen LogP contribution in [0.1, 0.15) is 175 Å². The van der Waals surface area contributed by atoms with E-state index in [-0.39, 0.29) is 147 Å².